The van der Waals surface area contributed by atoms with Crippen molar-refractivity contribution in [2.75, 3.05) is 11.9 Å². The average Bonchev–Trinajstić information content (AvgIpc) is 3.23. The lowest BCUT2D eigenvalue weighted by atomic mass is 9.75. The summed E-state index contributed by atoms with van der Waals surface area (Å²) >= 11 is 0. The number of aromatic nitrogens is 1. The third-order valence-corrected chi connectivity index (χ3v) is 8.54. The van der Waals surface area contributed by atoms with Crippen molar-refractivity contribution in [3.05, 3.63) is 47.5 Å². The van der Waals surface area contributed by atoms with E-state index >= 15 is 0 Å². The molecule has 0 unspecified atom stereocenters. The second kappa shape index (κ2) is 11.7. The van der Waals surface area contributed by atoms with Gasteiger partial charge in [-0.15, -0.1) is 0 Å². The summed E-state index contributed by atoms with van der Waals surface area (Å²) in [6, 6.07) is 10.9. The SMILES string of the molecule is CC(=O)Oc1ccc2c(C3CCCCC3)c(-c3cccc4c3NC(=O)C(C)(C)[C@H]4NC(=O)OC(C)(C)C)n(CCO)c2c1. The summed E-state index contributed by atoms with van der Waals surface area (Å²) in [6.45, 7) is 10.6. The number of nitrogens with one attached hydrogen (secondary N) is 2. The Morgan fingerprint density at radius 3 is 2.49 bits per heavy atom. The zero-order chi connectivity index (χ0) is 31.1. The van der Waals surface area contributed by atoms with Crippen molar-refractivity contribution < 1.29 is 29.0 Å². The first-order chi connectivity index (χ1) is 20.3. The molecule has 43 heavy (non-hydrogen) atoms. The number of ether oxygens (including phenoxy) is 2. The molecule has 2 heterocycles. The smallest absolute Gasteiger partial charge is 0.408 e. The first-order valence-electron chi connectivity index (χ1n) is 15.2. The van der Waals surface area contributed by atoms with E-state index in [1.807, 2.05) is 50.2 Å². The van der Waals surface area contributed by atoms with Gasteiger partial charge in [0.1, 0.15) is 11.4 Å². The fourth-order valence-electron chi connectivity index (χ4n) is 6.64. The largest absolute Gasteiger partial charge is 0.444 e. The van der Waals surface area contributed by atoms with Crippen LogP contribution >= 0.6 is 0 Å². The number of carbonyl (C=O) groups excluding carboxylic acids is 3. The van der Waals surface area contributed by atoms with Crippen LogP contribution in [0.25, 0.3) is 22.2 Å². The monoisotopic (exact) mass is 589 g/mol. The van der Waals surface area contributed by atoms with Gasteiger partial charge in [0.25, 0.3) is 0 Å². The van der Waals surface area contributed by atoms with Crippen molar-refractivity contribution >= 4 is 34.6 Å². The first-order valence-corrected chi connectivity index (χ1v) is 15.2. The highest BCUT2D eigenvalue weighted by Crippen LogP contribution is 2.50. The van der Waals surface area contributed by atoms with Crippen LogP contribution in [0.15, 0.2) is 36.4 Å². The summed E-state index contributed by atoms with van der Waals surface area (Å²) in [6.07, 6.45) is 4.93. The molecule has 5 rings (SSSR count). The van der Waals surface area contributed by atoms with Gasteiger partial charge in [-0.2, -0.15) is 0 Å². The Labute approximate surface area is 252 Å². The molecule has 0 saturated heterocycles. The molecule has 1 saturated carbocycles. The lowest BCUT2D eigenvalue weighted by molar-refractivity contribution is -0.132. The molecule has 3 aromatic rings. The van der Waals surface area contributed by atoms with Crippen LogP contribution in [0.1, 0.15) is 96.7 Å². The van der Waals surface area contributed by atoms with Crippen molar-refractivity contribution in [1.82, 2.24) is 9.88 Å². The lowest BCUT2D eigenvalue weighted by Gasteiger charge is -2.40. The number of aliphatic hydroxyl groups excluding tert-OH is 1. The number of benzene rings is 2. The highest BCUT2D eigenvalue weighted by Gasteiger charge is 2.45. The van der Waals surface area contributed by atoms with Crippen LogP contribution in [0, 0.1) is 5.41 Å². The van der Waals surface area contributed by atoms with E-state index in [1.165, 1.54) is 18.9 Å². The predicted molar refractivity (Wildman–Crippen MR) is 166 cm³/mol. The molecule has 1 aliphatic carbocycles. The van der Waals surface area contributed by atoms with Crippen molar-refractivity contribution in [1.29, 1.82) is 0 Å². The fraction of sp³-hybridized carbons (Fsp3) is 0.500. The van der Waals surface area contributed by atoms with Crippen LogP contribution < -0.4 is 15.4 Å². The first kappa shape index (κ1) is 30.6. The number of amides is 2. The summed E-state index contributed by atoms with van der Waals surface area (Å²) in [5.41, 5.74) is 3.52. The second-order valence-corrected chi connectivity index (χ2v) is 13.3. The van der Waals surface area contributed by atoms with Crippen molar-refractivity contribution in [2.24, 2.45) is 5.41 Å². The van der Waals surface area contributed by atoms with Crippen LogP contribution in [0.4, 0.5) is 10.5 Å². The topological polar surface area (TPSA) is 119 Å². The number of anilines is 1. The molecular weight excluding hydrogens is 546 g/mol. The maximum absolute atomic E-state index is 13.7. The van der Waals surface area contributed by atoms with Crippen molar-refractivity contribution in [2.45, 2.75) is 97.8 Å². The number of para-hydroxylation sites is 1. The summed E-state index contributed by atoms with van der Waals surface area (Å²) in [5.74, 6) is 0.103. The Balaban J connectivity index is 1.75. The molecule has 3 N–H and O–H groups in total. The number of aliphatic hydroxyl groups is 1. The normalized spacial score (nSPS) is 18.6. The Hall–Kier alpha value is -3.85. The standard InChI is InChI=1S/C34H43N3O6/c1-20(39)42-22-15-16-23-26(19-22)37(17-18-38)29(27(23)21-11-8-7-9-12-21)24-13-10-14-25-28(24)35-31(40)34(5,6)30(25)36-32(41)43-33(2,3)4/h10,13-16,19,21,30,38H,7-9,11-12,17-18H2,1-6H3,(H,35,40)(H,36,41)/t30-/m0/s1. The van der Waals surface area contributed by atoms with Crippen molar-refractivity contribution in [3.63, 3.8) is 0 Å². The fourth-order valence-corrected chi connectivity index (χ4v) is 6.64. The van der Waals surface area contributed by atoms with Gasteiger partial charge in [-0.1, -0.05) is 37.5 Å². The second-order valence-electron chi connectivity index (χ2n) is 13.3. The zero-order valence-electron chi connectivity index (χ0n) is 26.0. The van der Waals surface area contributed by atoms with E-state index in [1.54, 1.807) is 20.8 Å². The quantitative estimate of drug-likeness (QED) is 0.215. The minimum Gasteiger partial charge on any atom is -0.444 e. The van der Waals surface area contributed by atoms with E-state index in [2.05, 4.69) is 15.2 Å². The van der Waals surface area contributed by atoms with E-state index in [0.717, 1.165) is 53.4 Å². The number of hydrogen-bond donors (Lipinski definition) is 3. The van der Waals surface area contributed by atoms with Crippen LogP contribution in [-0.2, 0) is 20.9 Å². The third kappa shape index (κ3) is 6.00. The predicted octanol–water partition coefficient (Wildman–Crippen LogP) is 6.82. The molecule has 0 spiro atoms. The number of rotatable bonds is 6. The van der Waals surface area contributed by atoms with Crippen LogP contribution in [0.2, 0.25) is 0 Å². The number of fused-ring (bicyclic) bond motifs is 2. The molecular formula is C34H43N3O6. The molecule has 9 nitrogen and oxygen atoms in total. The molecule has 2 amide bonds. The third-order valence-electron chi connectivity index (χ3n) is 8.54. The molecule has 0 radical (unpaired) electrons. The van der Waals surface area contributed by atoms with Crippen LogP contribution in [-0.4, -0.2) is 39.9 Å². The Bertz CT molecular complexity index is 1560. The van der Waals surface area contributed by atoms with Gasteiger partial charge < -0.3 is 29.8 Å². The summed E-state index contributed by atoms with van der Waals surface area (Å²) in [4.78, 5) is 38.4. The van der Waals surface area contributed by atoms with Gasteiger partial charge in [0.05, 0.1) is 35.0 Å². The Morgan fingerprint density at radius 1 is 1.12 bits per heavy atom. The van der Waals surface area contributed by atoms with E-state index in [4.69, 9.17) is 9.47 Å². The highest BCUT2D eigenvalue weighted by molar-refractivity contribution is 6.05. The van der Waals surface area contributed by atoms with E-state index < -0.39 is 29.1 Å². The zero-order valence-corrected chi connectivity index (χ0v) is 26.0. The van der Waals surface area contributed by atoms with Crippen molar-refractivity contribution in [3.8, 4) is 17.0 Å². The lowest BCUT2D eigenvalue weighted by Crippen LogP contribution is -2.49. The number of alkyl carbamates (subject to hydrolysis) is 1. The molecule has 1 aromatic heterocycles. The maximum atomic E-state index is 13.7. The summed E-state index contributed by atoms with van der Waals surface area (Å²) < 4.78 is 13.1. The molecule has 230 valence electrons. The molecule has 2 aliphatic rings. The number of carbonyl (C=O) groups is 3. The highest BCUT2D eigenvalue weighted by atomic mass is 16.6. The van der Waals surface area contributed by atoms with Gasteiger partial charge in [-0.05, 0) is 76.6 Å². The molecule has 1 fully saturated rings. The molecule has 0 bridgehead atoms. The summed E-state index contributed by atoms with van der Waals surface area (Å²) in [5, 5.41) is 17.4. The van der Waals surface area contributed by atoms with Crippen LogP contribution in [0.3, 0.4) is 0 Å². The van der Waals surface area contributed by atoms with E-state index in [9.17, 15) is 19.5 Å². The average molecular weight is 590 g/mol. The van der Waals surface area contributed by atoms with Gasteiger partial charge >= 0.3 is 12.1 Å². The minimum absolute atomic E-state index is 0.101. The Kier molecular flexibility index (Phi) is 8.31. The Morgan fingerprint density at radius 2 is 1.84 bits per heavy atom. The number of nitrogens with zero attached hydrogens (tertiary/aromatic N) is 1. The number of hydrogen-bond acceptors (Lipinski definition) is 6. The molecule has 2 aromatic carbocycles. The number of esters is 1. The van der Waals surface area contributed by atoms with Gasteiger partial charge in [0, 0.05) is 30.5 Å². The molecule has 9 heteroatoms. The van der Waals surface area contributed by atoms with Gasteiger partial charge in [0.2, 0.25) is 5.91 Å². The van der Waals surface area contributed by atoms with Gasteiger partial charge in [0.15, 0.2) is 0 Å². The molecule has 1 aliphatic heterocycles. The molecule has 1 atom stereocenters. The maximum Gasteiger partial charge on any atom is 0.408 e. The summed E-state index contributed by atoms with van der Waals surface area (Å²) in [7, 11) is 0. The van der Waals surface area contributed by atoms with E-state index in [0.29, 0.717) is 18.0 Å². The van der Waals surface area contributed by atoms with Gasteiger partial charge in [-0.25, -0.2) is 4.79 Å². The van der Waals surface area contributed by atoms with Crippen LogP contribution in [0.5, 0.6) is 5.75 Å². The van der Waals surface area contributed by atoms with Gasteiger partial charge in [-0.3, -0.25) is 9.59 Å². The minimum atomic E-state index is -0.953. The van der Waals surface area contributed by atoms with E-state index in [-0.39, 0.29) is 18.4 Å².